The van der Waals surface area contributed by atoms with Crippen LogP contribution in [0.1, 0.15) is 32.9 Å². The van der Waals surface area contributed by atoms with Crippen molar-refractivity contribution >= 4 is 52.8 Å². The van der Waals surface area contributed by atoms with Gasteiger partial charge in [0.25, 0.3) is 11.8 Å². The average Bonchev–Trinajstić information content (AvgIpc) is 3.17. The minimum Gasteiger partial charge on any atom is -0.352 e. The lowest BCUT2D eigenvalue weighted by atomic mass is 9.99. The number of hydrogen-bond donors (Lipinski definition) is 3. The molecule has 1 aliphatic heterocycles. The lowest BCUT2D eigenvalue weighted by Crippen LogP contribution is -2.38. The Kier molecular flexibility index (Phi) is 7.90. The quantitative estimate of drug-likeness (QED) is 0.697. The van der Waals surface area contributed by atoms with E-state index in [2.05, 4.69) is 16.0 Å². The van der Waals surface area contributed by atoms with Gasteiger partial charge in [0, 0.05) is 12.1 Å². The van der Waals surface area contributed by atoms with Crippen molar-refractivity contribution < 1.29 is 9.59 Å². The Balaban J connectivity index is 0.00000243. The van der Waals surface area contributed by atoms with Gasteiger partial charge in [-0.05, 0) is 61.5 Å². The predicted molar refractivity (Wildman–Crippen MR) is 109 cm³/mol. The fraction of sp³-hybridized carbons (Fsp3) is 0.333. The number of benzene rings is 1. The minimum absolute atomic E-state index is 0. The lowest BCUT2D eigenvalue weighted by Gasteiger charge is -2.22. The monoisotopic (exact) mass is 413 g/mol. The van der Waals surface area contributed by atoms with E-state index < -0.39 is 0 Å². The number of hydrogen-bond acceptors (Lipinski definition) is 4. The van der Waals surface area contributed by atoms with Crippen molar-refractivity contribution in [3.05, 3.63) is 51.2 Å². The van der Waals surface area contributed by atoms with Crippen LogP contribution in [0.4, 0.5) is 5.69 Å². The smallest absolute Gasteiger partial charge is 0.265 e. The first-order valence-electron chi connectivity index (χ1n) is 8.27. The van der Waals surface area contributed by atoms with Crippen molar-refractivity contribution in [2.75, 3.05) is 25.0 Å². The fourth-order valence-electron chi connectivity index (χ4n) is 2.79. The molecule has 2 heterocycles. The number of piperidine rings is 1. The number of nitrogens with one attached hydrogen (secondary N) is 3. The topological polar surface area (TPSA) is 70.2 Å². The summed E-state index contributed by atoms with van der Waals surface area (Å²) >= 11 is 7.50. The van der Waals surface area contributed by atoms with E-state index in [-0.39, 0.29) is 24.2 Å². The van der Waals surface area contributed by atoms with Gasteiger partial charge in [-0.3, -0.25) is 9.59 Å². The molecule has 0 spiro atoms. The van der Waals surface area contributed by atoms with Crippen LogP contribution in [-0.2, 0) is 0 Å². The van der Waals surface area contributed by atoms with Crippen molar-refractivity contribution in [3.8, 4) is 0 Å². The van der Waals surface area contributed by atoms with Gasteiger partial charge in [0.1, 0.15) is 0 Å². The number of carbonyl (C=O) groups excluding carboxylic acids is 2. The van der Waals surface area contributed by atoms with Crippen molar-refractivity contribution in [2.45, 2.75) is 12.8 Å². The van der Waals surface area contributed by atoms with E-state index in [9.17, 15) is 9.59 Å². The van der Waals surface area contributed by atoms with Gasteiger partial charge in [0.05, 0.1) is 15.6 Å². The normalized spacial score (nSPS) is 16.4. The van der Waals surface area contributed by atoms with Gasteiger partial charge in [-0.2, -0.15) is 0 Å². The molecule has 0 aliphatic carbocycles. The van der Waals surface area contributed by atoms with Gasteiger partial charge >= 0.3 is 0 Å². The summed E-state index contributed by atoms with van der Waals surface area (Å²) in [5.74, 6) is 0.0691. The summed E-state index contributed by atoms with van der Waals surface area (Å²) in [6, 6.07) is 8.45. The second-order valence-corrected chi connectivity index (χ2v) is 7.40. The molecule has 140 valence electrons. The zero-order chi connectivity index (χ0) is 17.6. The molecule has 1 atom stereocenters. The van der Waals surface area contributed by atoms with E-state index in [1.165, 1.54) is 11.3 Å². The molecule has 0 radical (unpaired) electrons. The molecular weight excluding hydrogens is 393 g/mol. The Labute approximate surface area is 167 Å². The summed E-state index contributed by atoms with van der Waals surface area (Å²) in [4.78, 5) is 25.1. The van der Waals surface area contributed by atoms with E-state index in [1.54, 1.807) is 24.3 Å². The molecule has 0 saturated carbocycles. The highest BCUT2D eigenvalue weighted by molar-refractivity contribution is 7.12. The third-order valence-corrected chi connectivity index (χ3v) is 5.37. The third kappa shape index (κ3) is 5.45. The van der Waals surface area contributed by atoms with E-state index in [0.29, 0.717) is 33.6 Å². The van der Waals surface area contributed by atoms with Crippen molar-refractivity contribution in [1.82, 2.24) is 10.6 Å². The van der Waals surface area contributed by atoms with Crippen molar-refractivity contribution in [2.24, 2.45) is 5.92 Å². The summed E-state index contributed by atoms with van der Waals surface area (Å²) in [6.07, 6.45) is 2.26. The summed E-state index contributed by atoms with van der Waals surface area (Å²) in [6.45, 7) is 2.63. The molecule has 3 rings (SSSR count). The Hall–Kier alpha value is -1.60. The average molecular weight is 414 g/mol. The summed E-state index contributed by atoms with van der Waals surface area (Å²) in [5.41, 5.74) is 0.918. The Morgan fingerprint density at radius 3 is 2.81 bits per heavy atom. The van der Waals surface area contributed by atoms with Gasteiger partial charge in [0.2, 0.25) is 0 Å². The molecule has 2 aromatic rings. The molecule has 5 nitrogen and oxygen atoms in total. The number of thiophene rings is 1. The number of anilines is 1. The van der Waals surface area contributed by atoms with Crippen LogP contribution >= 0.6 is 35.3 Å². The van der Waals surface area contributed by atoms with Crippen molar-refractivity contribution in [3.63, 3.8) is 0 Å². The molecule has 26 heavy (non-hydrogen) atoms. The Bertz CT molecular complexity index is 747. The maximum absolute atomic E-state index is 12.4. The van der Waals surface area contributed by atoms with E-state index >= 15 is 0 Å². The first kappa shape index (κ1) is 20.7. The first-order valence-corrected chi connectivity index (χ1v) is 9.52. The highest BCUT2D eigenvalue weighted by atomic mass is 35.5. The largest absolute Gasteiger partial charge is 0.352 e. The number of amides is 2. The van der Waals surface area contributed by atoms with Gasteiger partial charge in [-0.1, -0.05) is 17.7 Å². The van der Waals surface area contributed by atoms with Crippen LogP contribution in [0, 0.1) is 5.92 Å². The van der Waals surface area contributed by atoms with Crippen LogP contribution in [0.25, 0.3) is 0 Å². The van der Waals surface area contributed by atoms with Crippen LogP contribution in [0.15, 0.2) is 35.7 Å². The lowest BCUT2D eigenvalue weighted by molar-refractivity contribution is 0.0943. The van der Waals surface area contributed by atoms with E-state index in [4.69, 9.17) is 11.6 Å². The second-order valence-electron chi connectivity index (χ2n) is 6.05. The van der Waals surface area contributed by atoms with E-state index in [0.717, 1.165) is 25.9 Å². The molecule has 1 aromatic carbocycles. The van der Waals surface area contributed by atoms with Crippen LogP contribution < -0.4 is 16.0 Å². The van der Waals surface area contributed by atoms with Gasteiger partial charge in [-0.15, -0.1) is 23.7 Å². The maximum atomic E-state index is 12.4. The predicted octanol–water partition coefficient (Wildman–Crippen LogP) is 3.81. The number of rotatable bonds is 5. The third-order valence-electron chi connectivity index (χ3n) is 4.17. The molecule has 1 unspecified atom stereocenters. The van der Waals surface area contributed by atoms with Crippen LogP contribution in [0.3, 0.4) is 0 Å². The Morgan fingerprint density at radius 2 is 2.12 bits per heavy atom. The molecule has 2 amide bonds. The van der Waals surface area contributed by atoms with Gasteiger partial charge < -0.3 is 16.0 Å². The molecule has 0 bridgehead atoms. The molecule has 8 heteroatoms. The van der Waals surface area contributed by atoms with Crippen LogP contribution in [-0.4, -0.2) is 31.4 Å². The summed E-state index contributed by atoms with van der Waals surface area (Å²) in [5, 5.41) is 11.3. The first-order chi connectivity index (χ1) is 12.1. The zero-order valence-electron chi connectivity index (χ0n) is 14.1. The highest BCUT2D eigenvalue weighted by Crippen LogP contribution is 2.24. The summed E-state index contributed by atoms with van der Waals surface area (Å²) in [7, 11) is 0. The number of halogens is 2. The minimum atomic E-state index is -0.234. The maximum Gasteiger partial charge on any atom is 0.265 e. The second kappa shape index (κ2) is 9.92. The van der Waals surface area contributed by atoms with Gasteiger partial charge in [-0.25, -0.2) is 0 Å². The van der Waals surface area contributed by atoms with Gasteiger partial charge in [0.15, 0.2) is 0 Å². The molecule has 1 fully saturated rings. The molecule has 3 N–H and O–H groups in total. The fourth-order valence-corrected chi connectivity index (χ4v) is 3.58. The van der Waals surface area contributed by atoms with E-state index in [1.807, 2.05) is 11.4 Å². The SMILES string of the molecule is Cl.O=C(NCC1CCCNC1)c1ccc(Cl)c(NC(=O)c2cccs2)c1. The number of carbonyl (C=O) groups is 2. The van der Waals surface area contributed by atoms with Crippen LogP contribution in [0.5, 0.6) is 0 Å². The van der Waals surface area contributed by atoms with Crippen molar-refractivity contribution in [1.29, 1.82) is 0 Å². The summed E-state index contributed by atoms with van der Waals surface area (Å²) < 4.78 is 0. The molecule has 1 aromatic heterocycles. The highest BCUT2D eigenvalue weighted by Gasteiger charge is 2.16. The van der Waals surface area contributed by atoms with Crippen LogP contribution in [0.2, 0.25) is 5.02 Å². The Morgan fingerprint density at radius 1 is 1.27 bits per heavy atom. The standard InChI is InChI=1S/C18H20ClN3O2S.ClH/c19-14-6-5-13(17(23)21-11-12-3-1-7-20-10-12)9-15(14)22-18(24)16-4-2-8-25-16;/h2,4-6,8-9,12,20H,1,3,7,10-11H2,(H,21,23)(H,22,24);1H. The molecular formula is C18H21Cl2N3O2S. The molecule has 1 saturated heterocycles. The molecule has 1 aliphatic rings. The zero-order valence-corrected chi connectivity index (χ0v) is 16.5.